The quantitative estimate of drug-likeness (QED) is 0.798. The van der Waals surface area contributed by atoms with Crippen molar-refractivity contribution in [3.63, 3.8) is 0 Å². The molecule has 0 aliphatic rings. The molecule has 1 aromatic carbocycles. The molecule has 0 spiro atoms. The van der Waals surface area contributed by atoms with Crippen LogP contribution >= 0.6 is 0 Å². The highest BCUT2D eigenvalue weighted by atomic mass is 32.2. The van der Waals surface area contributed by atoms with E-state index in [1.54, 1.807) is 12.1 Å². The molecule has 0 aliphatic heterocycles. The summed E-state index contributed by atoms with van der Waals surface area (Å²) < 4.78 is 28.3. The first kappa shape index (κ1) is 13.2. The molecule has 0 unspecified atom stereocenters. The molecule has 1 aromatic rings. The van der Waals surface area contributed by atoms with Crippen LogP contribution in [0.2, 0.25) is 0 Å². The van der Waals surface area contributed by atoms with Crippen LogP contribution in [0.25, 0.3) is 0 Å². The van der Waals surface area contributed by atoms with Crippen LogP contribution in [0.5, 0.6) is 0 Å². The fraction of sp³-hybridized carbons (Fsp3) is 0.455. The van der Waals surface area contributed by atoms with Gasteiger partial charge >= 0.3 is 0 Å². The van der Waals surface area contributed by atoms with Gasteiger partial charge in [-0.05, 0) is 23.6 Å². The van der Waals surface area contributed by atoms with Gasteiger partial charge in [0.05, 0.1) is 18.1 Å². The molecule has 0 bridgehead atoms. The second kappa shape index (κ2) is 5.43. The van der Waals surface area contributed by atoms with Crippen molar-refractivity contribution in [2.45, 2.75) is 25.3 Å². The van der Waals surface area contributed by atoms with E-state index in [9.17, 15) is 8.42 Å². The molecule has 0 heterocycles. The molecular weight excluding hydrogens is 228 g/mol. The average molecular weight is 244 g/mol. The maximum Gasteiger partial charge on any atom is 0.296 e. The molecule has 0 saturated carbocycles. The summed E-state index contributed by atoms with van der Waals surface area (Å²) in [4.78, 5) is 0.0831. The Morgan fingerprint density at radius 3 is 2.62 bits per heavy atom. The van der Waals surface area contributed by atoms with Gasteiger partial charge in [-0.1, -0.05) is 26.0 Å². The van der Waals surface area contributed by atoms with Crippen molar-refractivity contribution in [1.82, 2.24) is 0 Å². The van der Waals surface area contributed by atoms with E-state index in [0.29, 0.717) is 5.56 Å². The van der Waals surface area contributed by atoms with Gasteiger partial charge in [-0.2, -0.15) is 8.42 Å². The third-order valence-corrected chi connectivity index (χ3v) is 3.20. The fourth-order valence-corrected chi connectivity index (χ4v) is 2.22. The minimum Gasteiger partial charge on any atom is -0.392 e. The molecule has 0 atom stereocenters. The summed E-state index contributed by atoms with van der Waals surface area (Å²) in [6.07, 6.45) is 0. The van der Waals surface area contributed by atoms with Gasteiger partial charge in [-0.3, -0.25) is 4.18 Å². The van der Waals surface area contributed by atoms with E-state index in [1.807, 2.05) is 13.8 Å². The lowest BCUT2D eigenvalue weighted by molar-refractivity contribution is 0.274. The minimum atomic E-state index is -3.70. The number of rotatable bonds is 5. The van der Waals surface area contributed by atoms with Gasteiger partial charge in [0.2, 0.25) is 0 Å². The molecule has 0 fully saturated rings. The monoisotopic (exact) mass is 244 g/mol. The van der Waals surface area contributed by atoms with Crippen molar-refractivity contribution >= 4 is 10.1 Å². The fourth-order valence-electron chi connectivity index (χ4n) is 1.09. The standard InChI is InChI=1S/C11H16O4S/c1-9(2)8-15-16(13,14)11-5-3-4-10(6-11)7-12/h3-6,9,12H,7-8H2,1-2H3. The summed E-state index contributed by atoms with van der Waals surface area (Å²) in [5, 5.41) is 8.91. The lowest BCUT2D eigenvalue weighted by Gasteiger charge is -2.08. The van der Waals surface area contributed by atoms with Crippen LogP contribution in [0.15, 0.2) is 29.2 Å². The van der Waals surface area contributed by atoms with E-state index >= 15 is 0 Å². The summed E-state index contributed by atoms with van der Waals surface area (Å²) in [7, 11) is -3.70. The molecule has 0 aromatic heterocycles. The van der Waals surface area contributed by atoms with E-state index in [4.69, 9.17) is 9.29 Å². The first-order valence-corrected chi connectivity index (χ1v) is 6.46. The van der Waals surface area contributed by atoms with Gasteiger partial charge in [0.15, 0.2) is 0 Å². The lowest BCUT2D eigenvalue weighted by atomic mass is 10.2. The molecule has 0 aliphatic carbocycles. The molecule has 0 saturated heterocycles. The molecule has 4 nitrogen and oxygen atoms in total. The zero-order valence-electron chi connectivity index (χ0n) is 9.38. The highest BCUT2D eigenvalue weighted by Gasteiger charge is 2.15. The van der Waals surface area contributed by atoms with E-state index in [2.05, 4.69) is 0 Å². The van der Waals surface area contributed by atoms with Crippen molar-refractivity contribution in [1.29, 1.82) is 0 Å². The van der Waals surface area contributed by atoms with Gasteiger partial charge in [-0.15, -0.1) is 0 Å². The Bertz CT molecular complexity index is 437. The van der Waals surface area contributed by atoms with E-state index in [0.717, 1.165) is 0 Å². The Labute approximate surface area is 96.0 Å². The molecule has 90 valence electrons. The van der Waals surface area contributed by atoms with E-state index < -0.39 is 10.1 Å². The van der Waals surface area contributed by atoms with Crippen LogP contribution in [0.4, 0.5) is 0 Å². The van der Waals surface area contributed by atoms with Gasteiger partial charge in [0.1, 0.15) is 0 Å². The van der Waals surface area contributed by atoms with E-state index in [1.165, 1.54) is 12.1 Å². The second-order valence-electron chi connectivity index (χ2n) is 3.94. The summed E-state index contributed by atoms with van der Waals surface area (Å²) in [6.45, 7) is 3.72. The number of hydrogen-bond donors (Lipinski definition) is 1. The highest BCUT2D eigenvalue weighted by Crippen LogP contribution is 2.15. The number of aliphatic hydroxyl groups excluding tert-OH is 1. The maximum absolute atomic E-state index is 11.7. The second-order valence-corrected chi connectivity index (χ2v) is 5.55. The normalized spacial score (nSPS) is 12.0. The number of hydrogen-bond acceptors (Lipinski definition) is 4. The Morgan fingerprint density at radius 2 is 2.06 bits per heavy atom. The van der Waals surface area contributed by atoms with Crippen LogP contribution in [0.3, 0.4) is 0 Å². The van der Waals surface area contributed by atoms with Crippen molar-refractivity contribution in [2.24, 2.45) is 5.92 Å². The van der Waals surface area contributed by atoms with E-state index in [-0.39, 0.29) is 24.0 Å². The first-order valence-electron chi connectivity index (χ1n) is 5.05. The SMILES string of the molecule is CC(C)COS(=O)(=O)c1cccc(CO)c1. The summed E-state index contributed by atoms with van der Waals surface area (Å²) in [5.74, 6) is 0.149. The Morgan fingerprint density at radius 1 is 1.38 bits per heavy atom. The largest absolute Gasteiger partial charge is 0.392 e. The molecule has 1 rings (SSSR count). The van der Waals surface area contributed by atoms with Gasteiger partial charge < -0.3 is 5.11 Å². The highest BCUT2D eigenvalue weighted by molar-refractivity contribution is 7.86. The topological polar surface area (TPSA) is 63.6 Å². The molecule has 5 heteroatoms. The summed E-state index contributed by atoms with van der Waals surface area (Å²) in [6, 6.07) is 6.10. The third-order valence-electron chi connectivity index (χ3n) is 1.93. The first-order chi connectivity index (χ1) is 7.45. The summed E-state index contributed by atoms with van der Waals surface area (Å²) in [5.41, 5.74) is 0.550. The summed E-state index contributed by atoms with van der Waals surface area (Å²) >= 11 is 0. The molecule has 0 radical (unpaired) electrons. The van der Waals surface area contributed by atoms with Crippen molar-refractivity contribution in [3.05, 3.63) is 29.8 Å². The van der Waals surface area contributed by atoms with Gasteiger partial charge in [0, 0.05) is 0 Å². The van der Waals surface area contributed by atoms with Crippen LogP contribution in [0.1, 0.15) is 19.4 Å². The van der Waals surface area contributed by atoms with Crippen LogP contribution in [0, 0.1) is 5.92 Å². The predicted octanol–water partition coefficient (Wildman–Crippen LogP) is 1.54. The van der Waals surface area contributed by atoms with Crippen molar-refractivity contribution in [3.8, 4) is 0 Å². The van der Waals surface area contributed by atoms with Crippen molar-refractivity contribution < 1.29 is 17.7 Å². The van der Waals surface area contributed by atoms with Gasteiger partial charge in [-0.25, -0.2) is 0 Å². The van der Waals surface area contributed by atoms with Crippen LogP contribution in [-0.4, -0.2) is 20.1 Å². The Kier molecular flexibility index (Phi) is 4.46. The predicted molar refractivity (Wildman–Crippen MR) is 60.3 cm³/mol. The third kappa shape index (κ3) is 3.59. The Balaban J connectivity index is 2.89. The molecule has 1 N–H and O–H groups in total. The van der Waals surface area contributed by atoms with Gasteiger partial charge in [0.25, 0.3) is 10.1 Å². The zero-order chi connectivity index (χ0) is 12.2. The van der Waals surface area contributed by atoms with Crippen molar-refractivity contribution in [2.75, 3.05) is 6.61 Å². The zero-order valence-corrected chi connectivity index (χ0v) is 10.2. The van der Waals surface area contributed by atoms with Crippen LogP contribution in [-0.2, 0) is 20.9 Å². The maximum atomic E-state index is 11.7. The average Bonchev–Trinajstić information content (AvgIpc) is 2.27. The number of aliphatic hydroxyl groups is 1. The smallest absolute Gasteiger partial charge is 0.296 e. The molecule has 0 amide bonds. The molecule has 16 heavy (non-hydrogen) atoms. The van der Waals surface area contributed by atoms with Crippen LogP contribution < -0.4 is 0 Å². The lowest BCUT2D eigenvalue weighted by Crippen LogP contribution is -2.11. The number of benzene rings is 1. The molecular formula is C11H16O4S. The Hall–Kier alpha value is -0.910. The minimum absolute atomic E-state index is 0.0831.